The van der Waals surface area contributed by atoms with Crippen LogP contribution >= 0.6 is 0 Å². The fourth-order valence-corrected chi connectivity index (χ4v) is 2.05. The molecule has 0 fully saturated rings. The SMILES string of the molecule is CCc1nc2cc(C)cnc2n1CCCC(=O)O. The van der Waals surface area contributed by atoms with Crippen LogP contribution in [0.1, 0.15) is 31.2 Å². The fourth-order valence-electron chi connectivity index (χ4n) is 2.05. The van der Waals surface area contributed by atoms with Crippen molar-refractivity contribution in [1.82, 2.24) is 14.5 Å². The Morgan fingerprint density at radius 2 is 2.28 bits per heavy atom. The number of aromatic nitrogens is 3. The minimum atomic E-state index is -0.763. The smallest absolute Gasteiger partial charge is 0.303 e. The molecule has 0 aliphatic rings. The number of aliphatic carboxylic acids is 1. The first-order chi connectivity index (χ1) is 8.61. The number of rotatable bonds is 5. The molecule has 2 aromatic heterocycles. The number of nitrogens with zero attached hydrogens (tertiary/aromatic N) is 3. The van der Waals surface area contributed by atoms with E-state index in [9.17, 15) is 4.79 Å². The number of pyridine rings is 1. The zero-order chi connectivity index (χ0) is 13.1. The molecule has 0 aliphatic carbocycles. The summed E-state index contributed by atoms with van der Waals surface area (Å²) in [6.07, 6.45) is 3.41. The number of fused-ring (bicyclic) bond motifs is 1. The molecule has 0 radical (unpaired) electrons. The largest absolute Gasteiger partial charge is 0.481 e. The van der Waals surface area contributed by atoms with E-state index in [0.717, 1.165) is 29.0 Å². The van der Waals surface area contributed by atoms with Gasteiger partial charge in [-0.1, -0.05) is 6.92 Å². The molecule has 0 bridgehead atoms. The Morgan fingerprint density at radius 3 is 2.94 bits per heavy atom. The van der Waals surface area contributed by atoms with Crippen LogP contribution in [0, 0.1) is 6.92 Å². The lowest BCUT2D eigenvalue weighted by molar-refractivity contribution is -0.137. The van der Waals surface area contributed by atoms with Gasteiger partial charge < -0.3 is 9.67 Å². The second kappa shape index (κ2) is 5.16. The van der Waals surface area contributed by atoms with Gasteiger partial charge in [-0.15, -0.1) is 0 Å². The van der Waals surface area contributed by atoms with Crippen LogP contribution in [0.15, 0.2) is 12.3 Å². The third-order valence-corrected chi connectivity index (χ3v) is 2.89. The first kappa shape index (κ1) is 12.5. The average Bonchev–Trinajstić information content (AvgIpc) is 2.66. The van der Waals surface area contributed by atoms with Crippen molar-refractivity contribution in [3.8, 4) is 0 Å². The Bertz CT molecular complexity index is 575. The second-order valence-electron chi connectivity index (χ2n) is 4.39. The van der Waals surface area contributed by atoms with Gasteiger partial charge in [-0.25, -0.2) is 9.97 Å². The number of carbonyl (C=O) groups is 1. The summed E-state index contributed by atoms with van der Waals surface area (Å²) in [5.41, 5.74) is 2.82. The average molecular weight is 247 g/mol. The summed E-state index contributed by atoms with van der Waals surface area (Å²) < 4.78 is 2.03. The molecule has 2 heterocycles. The zero-order valence-corrected chi connectivity index (χ0v) is 10.7. The molecule has 0 saturated heterocycles. The van der Waals surface area contributed by atoms with E-state index in [-0.39, 0.29) is 6.42 Å². The van der Waals surface area contributed by atoms with Crippen LogP contribution in [-0.4, -0.2) is 25.6 Å². The molecule has 0 saturated carbocycles. The summed E-state index contributed by atoms with van der Waals surface area (Å²) in [5, 5.41) is 8.68. The Hall–Kier alpha value is -1.91. The lowest BCUT2D eigenvalue weighted by Crippen LogP contribution is -2.06. The summed E-state index contributed by atoms with van der Waals surface area (Å²) in [5.74, 6) is 0.203. The van der Waals surface area contributed by atoms with Gasteiger partial charge in [-0.3, -0.25) is 4.79 Å². The minimum Gasteiger partial charge on any atom is -0.481 e. The highest BCUT2D eigenvalue weighted by molar-refractivity contribution is 5.72. The van der Waals surface area contributed by atoms with Crippen molar-refractivity contribution in [1.29, 1.82) is 0 Å². The van der Waals surface area contributed by atoms with E-state index in [1.54, 1.807) is 0 Å². The van der Waals surface area contributed by atoms with E-state index in [0.29, 0.717) is 13.0 Å². The predicted molar refractivity (Wildman–Crippen MR) is 68.5 cm³/mol. The van der Waals surface area contributed by atoms with Gasteiger partial charge in [0.25, 0.3) is 0 Å². The summed E-state index contributed by atoms with van der Waals surface area (Å²) in [6.45, 7) is 4.69. The van der Waals surface area contributed by atoms with Gasteiger partial charge in [0.2, 0.25) is 0 Å². The number of imidazole rings is 1. The Kier molecular flexibility index (Phi) is 3.60. The van der Waals surface area contributed by atoms with E-state index in [1.165, 1.54) is 0 Å². The molecule has 0 aliphatic heterocycles. The van der Waals surface area contributed by atoms with Crippen molar-refractivity contribution in [3.05, 3.63) is 23.7 Å². The lowest BCUT2D eigenvalue weighted by atomic mass is 10.3. The van der Waals surface area contributed by atoms with Crippen LogP contribution in [0.5, 0.6) is 0 Å². The van der Waals surface area contributed by atoms with Crippen LogP contribution in [0.4, 0.5) is 0 Å². The Balaban J connectivity index is 2.31. The maximum atomic E-state index is 10.5. The Morgan fingerprint density at radius 1 is 1.50 bits per heavy atom. The van der Waals surface area contributed by atoms with E-state index in [1.807, 2.05) is 30.7 Å². The summed E-state index contributed by atoms with van der Waals surface area (Å²) in [7, 11) is 0. The lowest BCUT2D eigenvalue weighted by Gasteiger charge is -2.06. The summed E-state index contributed by atoms with van der Waals surface area (Å²) in [6, 6.07) is 2.01. The van der Waals surface area contributed by atoms with Crippen LogP contribution in [0.2, 0.25) is 0 Å². The molecule has 96 valence electrons. The van der Waals surface area contributed by atoms with Gasteiger partial charge in [0.1, 0.15) is 11.3 Å². The summed E-state index contributed by atoms with van der Waals surface area (Å²) >= 11 is 0. The van der Waals surface area contributed by atoms with Crippen molar-refractivity contribution in [3.63, 3.8) is 0 Å². The normalized spacial score (nSPS) is 11.0. The van der Waals surface area contributed by atoms with Crippen LogP contribution in [0.25, 0.3) is 11.2 Å². The maximum absolute atomic E-state index is 10.5. The number of carboxylic acids is 1. The molecule has 5 heteroatoms. The molecule has 18 heavy (non-hydrogen) atoms. The van der Waals surface area contributed by atoms with Gasteiger partial charge in [0, 0.05) is 25.6 Å². The number of carboxylic acid groups (broad SMARTS) is 1. The first-order valence-corrected chi connectivity index (χ1v) is 6.15. The minimum absolute atomic E-state index is 0.175. The van der Waals surface area contributed by atoms with Crippen molar-refractivity contribution in [2.24, 2.45) is 0 Å². The molecule has 2 rings (SSSR count). The standard InChI is InChI=1S/C13H17N3O2/c1-3-11-15-10-7-9(2)8-14-13(10)16(11)6-4-5-12(17)18/h7-8H,3-6H2,1-2H3,(H,17,18). The quantitative estimate of drug-likeness (QED) is 0.879. The van der Waals surface area contributed by atoms with E-state index < -0.39 is 5.97 Å². The van der Waals surface area contributed by atoms with Crippen molar-refractivity contribution >= 4 is 17.1 Å². The van der Waals surface area contributed by atoms with Crippen LogP contribution in [0.3, 0.4) is 0 Å². The molecular weight excluding hydrogens is 230 g/mol. The summed E-state index contributed by atoms with van der Waals surface area (Å²) in [4.78, 5) is 19.5. The Labute approximate surface area is 105 Å². The third-order valence-electron chi connectivity index (χ3n) is 2.89. The first-order valence-electron chi connectivity index (χ1n) is 6.15. The van der Waals surface area contributed by atoms with Gasteiger partial charge in [-0.2, -0.15) is 0 Å². The molecule has 0 amide bonds. The van der Waals surface area contributed by atoms with E-state index in [2.05, 4.69) is 9.97 Å². The van der Waals surface area contributed by atoms with E-state index >= 15 is 0 Å². The molecule has 0 spiro atoms. The highest BCUT2D eigenvalue weighted by Crippen LogP contribution is 2.16. The number of aryl methyl sites for hydroxylation is 3. The molecule has 0 aromatic carbocycles. The van der Waals surface area contributed by atoms with Gasteiger partial charge in [-0.05, 0) is 25.0 Å². The van der Waals surface area contributed by atoms with Gasteiger partial charge >= 0.3 is 5.97 Å². The third kappa shape index (κ3) is 2.50. The zero-order valence-electron chi connectivity index (χ0n) is 10.7. The highest BCUT2D eigenvalue weighted by Gasteiger charge is 2.10. The number of hydrogen-bond acceptors (Lipinski definition) is 3. The highest BCUT2D eigenvalue weighted by atomic mass is 16.4. The van der Waals surface area contributed by atoms with Crippen LogP contribution in [-0.2, 0) is 17.8 Å². The number of hydrogen-bond donors (Lipinski definition) is 1. The molecule has 2 aromatic rings. The molecule has 0 atom stereocenters. The molecule has 1 N–H and O–H groups in total. The van der Waals surface area contributed by atoms with E-state index in [4.69, 9.17) is 5.11 Å². The van der Waals surface area contributed by atoms with Gasteiger partial charge in [0.05, 0.1) is 0 Å². The fraction of sp³-hybridized carbons (Fsp3) is 0.462. The molecule has 0 unspecified atom stereocenters. The maximum Gasteiger partial charge on any atom is 0.303 e. The second-order valence-corrected chi connectivity index (χ2v) is 4.39. The van der Waals surface area contributed by atoms with Crippen LogP contribution < -0.4 is 0 Å². The van der Waals surface area contributed by atoms with Gasteiger partial charge in [0.15, 0.2) is 5.65 Å². The van der Waals surface area contributed by atoms with Crippen molar-refractivity contribution in [2.75, 3.05) is 0 Å². The topological polar surface area (TPSA) is 68.0 Å². The molecule has 5 nitrogen and oxygen atoms in total. The van der Waals surface area contributed by atoms with Crippen molar-refractivity contribution in [2.45, 2.75) is 39.7 Å². The predicted octanol–water partition coefficient (Wildman–Crippen LogP) is 2.17. The van der Waals surface area contributed by atoms with Crippen molar-refractivity contribution < 1.29 is 9.90 Å². The molecular formula is C13H17N3O2. The monoisotopic (exact) mass is 247 g/mol.